The number of aromatic nitrogens is 3. The second-order valence-corrected chi connectivity index (χ2v) is 8.39. The molecule has 0 radical (unpaired) electrons. The third-order valence-electron chi connectivity index (χ3n) is 6.14. The number of hydrogen-bond acceptors (Lipinski definition) is 4. The Morgan fingerprint density at radius 2 is 1.97 bits per heavy atom. The topological polar surface area (TPSA) is 61.9 Å². The van der Waals surface area contributed by atoms with E-state index in [1.807, 2.05) is 33.9 Å². The Bertz CT molecular complexity index is 1310. The first-order valence-electron chi connectivity index (χ1n) is 10.7. The van der Waals surface area contributed by atoms with Crippen LogP contribution in [0.1, 0.15) is 42.2 Å². The molecule has 0 saturated carbocycles. The van der Waals surface area contributed by atoms with Crippen LogP contribution < -0.4 is 5.56 Å². The molecule has 1 aliphatic rings. The first-order valence-corrected chi connectivity index (χ1v) is 10.7. The molecule has 32 heavy (non-hydrogen) atoms. The van der Waals surface area contributed by atoms with Crippen molar-refractivity contribution >= 4 is 5.57 Å². The van der Waals surface area contributed by atoms with E-state index >= 15 is 0 Å². The van der Waals surface area contributed by atoms with Gasteiger partial charge < -0.3 is 9.88 Å². The number of aryl methyl sites for hydroxylation is 2. The van der Waals surface area contributed by atoms with Gasteiger partial charge in [-0.25, -0.2) is 9.37 Å². The summed E-state index contributed by atoms with van der Waals surface area (Å²) in [4.78, 5) is 26.1. The Morgan fingerprint density at radius 1 is 1.19 bits per heavy atom. The fraction of sp³-hybridized carbons (Fsp3) is 0.269. The molecule has 5 nitrogen and oxygen atoms in total. The smallest absolute Gasteiger partial charge is 0.251 e. The number of allylic oxidation sites excluding steroid dienone is 2. The number of aromatic amines is 1. The quantitative estimate of drug-likeness (QED) is 0.595. The highest BCUT2D eigenvalue weighted by Crippen LogP contribution is 2.30. The molecule has 1 aromatic carbocycles. The zero-order valence-corrected chi connectivity index (χ0v) is 18.9. The number of rotatable bonds is 4. The number of H-pyrrole nitrogens is 1. The van der Waals surface area contributed by atoms with Gasteiger partial charge in [0.2, 0.25) is 0 Å². The fourth-order valence-electron chi connectivity index (χ4n) is 4.14. The lowest BCUT2D eigenvalue weighted by Gasteiger charge is -2.32. The van der Waals surface area contributed by atoms with Crippen LogP contribution in [0.3, 0.4) is 0 Å². The van der Waals surface area contributed by atoms with Gasteiger partial charge in [0.05, 0.1) is 0 Å². The van der Waals surface area contributed by atoms with E-state index in [1.54, 1.807) is 12.1 Å². The Balaban J connectivity index is 1.62. The zero-order chi connectivity index (χ0) is 23.0. The van der Waals surface area contributed by atoms with Crippen molar-refractivity contribution < 1.29 is 4.39 Å². The summed E-state index contributed by atoms with van der Waals surface area (Å²) in [5.74, 6) is 0.337. The average molecular weight is 431 g/mol. The summed E-state index contributed by atoms with van der Waals surface area (Å²) in [7, 11) is 0. The maximum absolute atomic E-state index is 13.5. The van der Waals surface area contributed by atoms with E-state index < -0.39 is 0 Å². The summed E-state index contributed by atoms with van der Waals surface area (Å²) in [6.45, 7) is 13.5. The van der Waals surface area contributed by atoms with Crippen molar-refractivity contribution in [1.82, 2.24) is 19.9 Å². The number of pyridine rings is 1. The molecule has 4 rings (SSSR count). The SMILES string of the molecule is C=C(/C(C)=C(/C)c1nc(C)cc(=O)[nH]1)N1CCc2ncc(-c3ccc(F)cc3C)cc2C1. The highest BCUT2D eigenvalue weighted by Gasteiger charge is 2.21. The van der Waals surface area contributed by atoms with E-state index in [4.69, 9.17) is 0 Å². The largest absolute Gasteiger partial charge is 0.367 e. The summed E-state index contributed by atoms with van der Waals surface area (Å²) in [5, 5.41) is 0. The van der Waals surface area contributed by atoms with Crippen LogP contribution in [-0.2, 0) is 13.0 Å². The summed E-state index contributed by atoms with van der Waals surface area (Å²) >= 11 is 0. The molecule has 164 valence electrons. The Hall–Kier alpha value is -3.54. The maximum Gasteiger partial charge on any atom is 0.251 e. The lowest BCUT2D eigenvalue weighted by atomic mass is 9.96. The molecule has 0 unspecified atom stereocenters. The normalized spacial score (nSPS) is 14.1. The highest BCUT2D eigenvalue weighted by molar-refractivity contribution is 5.68. The highest BCUT2D eigenvalue weighted by atomic mass is 19.1. The van der Waals surface area contributed by atoms with Crippen LogP contribution in [0, 0.1) is 19.7 Å². The monoisotopic (exact) mass is 430 g/mol. The summed E-state index contributed by atoms with van der Waals surface area (Å²) in [6.07, 6.45) is 2.70. The van der Waals surface area contributed by atoms with Gasteiger partial charge in [0.1, 0.15) is 11.6 Å². The molecule has 1 aliphatic heterocycles. The molecule has 3 aromatic rings. The molecule has 0 atom stereocenters. The standard InChI is InChI=1S/C26H27FN4O/c1-15-10-22(27)6-7-23(15)20-12-21-14-31(9-8-24(21)28-13-20)19(5)17(3)18(4)26-29-16(2)11-25(32)30-26/h6-7,10-13H,5,8-9,14H2,1-4H3,(H,29,30,32)/b18-17-. The van der Waals surface area contributed by atoms with Crippen molar-refractivity contribution in [2.24, 2.45) is 0 Å². The van der Waals surface area contributed by atoms with Crippen molar-refractivity contribution in [3.63, 3.8) is 0 Å². The lowest BCUT2D eigenvalue weighted by Crippen LogP contribution is -2.30. The number of benzene rings is 1. The first-order chi connectivity index (χ1) is 15.2. The second-order valence-electron chi connectivity index (χ2n) is 8.39. The van der Waals surface area contributed by atoms with Crippen molar-refractivity contribution in [2.45, 2.75) is 40.7 Å². The van der Waals surface area contributed by atoms with Crippen LogP contribution in [0.15, 0.2) is 59.2 Å². The van der Waals surface area contributed by atoms with Gasteiger partial charge in [-0.1, -0.05) is 12.6 Å². The zero-order valence-electron chi connectivity index (χ0n) is 18.9. The van der Waals surface area contributed by atoms with Crippen LogP contribution in [0.2, 0.25) is 0 Å². The van der Waals surface area contributed by atoms with E-state index in [1.165, 1.54) is 12.1 Å². The van der Waals surface area contributed by atoms with E-state index in [2.05, 4.69) is 32.5 Å². The van der Waals surface area contributed by atoms with Gasteiger partial charge in [-0.05, 0) is 73.7 Å². The van der Waals surface area contributed by atoms with E-state index in [9.17, 15) is 9.18 Å². The summed E-state index contributed by atoms with van der Waals surface area (Å²) in [5.41, 5.74) is 8.40. The predicted octanol–water partition coefficient (Wildman–Crippen LogP) is 4.95. The number of halogens is 1. The van der Waals surface area contributed by atoms with Crippen LogP contribution in [0.5, 0.6) is 0 Å². The van der Waals surface area contributed by atoms with Crippen molar-refractivity contribution in [1.29, 1.82) is 0 Å². The lowest BCUT2D eigenvalue weighted by molar-refractivity contribution is 0.326. The van der Waals surface area contributed by atoms with Gasteiger partial charge in [-0.2, -0.15) is 0 Å². The predicted molar refractivity (Wildman–Crippen MR) is 125 cm³/mol. The molecule has 0 spiro atoms. The molecule has 0 amide bonds. The van der Waals surface area contributed by atoms with Crippen LogP contribution in [-0.4, -0.2) is 26.4 Å². The summed E-state index contributed by atoms with van der Waals surface area (Å²) < 4.78 is 13.5. The molecule has 1 N–H and O–H groups in total. The Kier molecular flexibility index (Phi) is 5.78. The first kappa shape index (κ1) is 21.7. The van der Waals surface area contributed by atoms with Gasteiger partial charge in [0, 0.05) is 54.4 Å². The Labute approximate surface area is 187 Å². The molecule has 0 aliphatic carbocycles. The van der Waals surface area contributed by atoms with Crippen molar-refractivity contribution in [2.75, 3.05) is 6.54 Å². The third kappa shape index (κ3) is 4.26. The van der Waals surface area contributed by atoms with Gasteiger partial charge in [-0.3, -0.25) is 9.78 Å². The number of fused-ring (bicyclic) bond motifs is 1. The molecule has 0 saturated heterocycles. The summed E-state index contributed by atoms with van der Waals surface area (Å²) in [6, 6.07) is 8.46. The molecular weight excluding hydrogens is 403 g/mol. The van der Waals surface area contributed by atoms with Crippen LogP contribution in [0.25, 0.3) is 16.7 Å². The third-order valence-corrected chi connectivity index (χ3v) is 6.14. The fourth-order valence-corrected chi connectivity index (χ4v) is 4.14. The van der Waals surface area contributed by atoms with Gasteiger partial charge in [-0.15, -0.1) is 0 Å². The molecular formula is C26H27FN4O. The van der Waals surface area contributed by atoms with E-state index in [0.717, 1.165) is 57.8 Å². The van der Waals surface area contributed by atoms with Crippen molar-refractivity contribution in [3.05, 3.63) is 98.9 Å². The molecule has 3 heterocycles. The number of hydrogen-bond donors (Lipinski definition) is 1. The molecule has 6 heteroatoms. The minimum Gasteiger partial charge on any atom is -0.367 e. The molecule has 0 fully saturated rings. The molecule has 0 bridgehead atoms. The van der Waals surface area contributed by atoms with Crippen LogP contribution in [0.4, 0.5) is 4.39 Å². The minimum atomic E-state index is -0.235. The maximum atomic E-state index is 13.5. The van der Waals surface area contributed by atoms with Crippen molar-refractivity contribution in [3.8, 4) is 11.1 Å². The number of nitrogens with one attached hydrogen (secondary N) is 1. The minimum absolute atomic E-state index is 0.160. The van der Waals surface area contributed by atoms with E-state index in [-0.39, 0.29) is 11.4 Å². The Morgan fingerprint density at radius 3 is 2.69 bits per heavy atom. The van der Waals surface area contributed by atoms with Crippen LogP contribution >= 0.6 is 0 Å². The van der Waals surface area contributed by atoms with Gasteiger partial charge in [0.25, 0.3) is 5.56 Å². The second kappa shape index (κ2) is 8.54. The van der Waals surface area contributed by atoms with E-state index in [0.29, 0.717) is 18.1 Å². The average Bonchev–Trinajstić information content (AvgIpc) is 2.76. The number of nitrogens with zero attached hydrogens (tertiary/aromatic N) is 3. The van der Waals surface area contributed by atoms with Gasteiger partial charge in [0.15, 0.2) is 0 Å². The van der Waals surface area contributed by atoms with Gasteiger partial charge >= 0.3 is 0 Å². The molecule has 2 aromatic heterocycles.